The van der Waals surface area contributed by atoms with Crippen molar-refractivity contribution >= 4 is 23.8 Å². The lowest BCUT2D eigenvalue weighted by molar-refractivity contribution is -0.159. The van der Waals surface area contributed by atoms with E-state index in [4.69, 9.17) is 20.9 Å². The van der Waals surface area contributed by atoms with Crippen molar-refractivity contribution in [2.45, 2.75) is 51.0 Å². The fourth-order valence-electron chi connectivity index (χ4n) is 4.37. The van der Waals surface area contributed by atoms with E-state index in [0.717, 1.165) is 11.1 Å². The van der Waals surface area contributed by atoms with E-state index < -0.39 is 47.7 Å². The number of piperazine rings is 1. The summed E-state index contributed by atoms with van der Waals surface area (Å²) >= 11 is 0. The molecule has 2 aromatic rings. The highest BCUT2D eigenvalue weighted by Crippen LogP contribution is 2.22. The molecule has 0 bridgehead atoms. The maximum atomic E-state index is 13.2. The summed E-state index contributed by atoms with van der Waals surface area (Å²) in [5.41, 5.74) is 12.9. The zero-order valence-corrected chi connectivity index (χ0v) is 21.3. The third kappa shape index (κ3) is 8.12. The van der Waals surface area contributed by atoms with Gasteiger partial charge in [-0.15, -0.1) is 0 Å². The molecule has 1 aliphatic rings. The molecule has 10 nitrogen and oxygen atoms in total. The van der Waals surface area contributed by atoms with Crippen LogP contribution in [-0.4, -0.2) is 48.9 Å². The Kier molecular flexibility index (Phi) is 11.3. The average Bonchev–Trinajstić information content (AvgIpc) is 2.94. The first kappa shape index (κ1) is 28.8. The van der Waals surface area contributed by atoms with Crippen molar-refractivity contribution in [1.82, 2.24) is 10.6 Å². The lowest BCUT2D eigenvalue weighted by Gasteiger charge is -2.35. The smallest absolute Gasteiger partial charge is 0.311 e. The minimum absolute atomic E-state index is 0.0398. The molecule has 4 atom stereocenters. The van der Waals surface area contributed by atoms with Crippen molar-refractivity contribution in [2.75, 3.05) is 13.1 Å². The first-order valence-corrected chi connectivity index (χ1v) is 12.9. The first-order chi connectivity index (χ1) is 18.4. The van der Waals surface area contributed by atoms with Crippen molar-refractivity contribution in [2.24, 2.45) is 23.3 Å². The van der Waals surface area contributed by atoms with Crippen LogP contribution in [0.2, 0.25) is 0 Å². The Labute approximate surface area is 222 Å². The third-order valence-electron chi connectivity index (χ3n) is 6.46. The number of hydrogen-bond donors (Lipinski definition) is 4. The van der Waals surface area contributed by atoms with Crippen LogP contribution in [0.25, 0.3) is 0 Å². The van der Waals surface area contributed by atoms with Gasteiger partial charge in [0.2, 0.25) is 11.8 Å². The number of carbonyl (C=O) groups excluding carboxylic acids is 4. The Bertz CT molecular complexity index is 980. The summed E-state index contributed by atoms with van der Waals surface area (Å²) < 4.78 is 10.9. The maximum Gasteiger partial charge on any atom is 0.311 e. The molecule has 2 amide bonds. The molecule has 10 heteroatoms. The van der Waals surface area contributed by atoms with Crippen LogP contribution >= 0.6 is 0 Å². The molecule has 3 rings (SSSR count). The Morgan fingerprint density at radius 3 is 1.39 bits per heavy atom. The van der Waals surface area contributed by atoms with Crippen LogP contribution in [0.15, 0.2) is 60.7 Å². The van der Waals surface area contributed by atoms with Gasteiger partial charge in [0.25, 0.3) is 0 Å². The number of benzene rings is 2. The number of rotatable bonds is 14. The van der Waals surface area contributed by atoms with Gasteiger partial charge in [0.05, 0.1) is 11.8 Å². The molecule has 1 heterocycles. The SMILES string of the molecule is NCCCC(C(=O)OCc1ccccc1)C1NC(=O)C(C(CCCN)C(=O)OCc2ccccc2)NC1=O. The second kappa shape index (κ2) is 14.8. The molecule has 0 radical (unpaired) electrons. The number of amides is 2. The number of carbonyl (C=O) groups is 4. The van der Waals surface area contributed by atoms with Crippen LogP contribution in [0.1, 0.15) is 36.8 Å². The van der Waals surface area contributed by atoms with Crippen LogP contribution in [0.5, 0.6) is 0 Å². The van der Waals surface area contributed by atoms with E-state index in [-0.39, 0.29) is 26.1 Å². The Balaban J connectivity index is 1.69. The van der Waals surface area contributed by atoms with Crippen molar-refractivity contribution in [3.63, 3.8) is 0 Å². The molecule has 1 fully saturated rings. The first-order valence-electron chi connectivity index (χ1n) is 12.9. The fraction of sp³-hybridized carbons (Fsp3) is 0.429. The van der Waals surface area contributed by atoms with E-state index in [1.54, 1.807) is 0 Å². The summed E-state index contributed by atoms with van der Waals surface area (Å²) in [5.74, 6) is -4.21. The van der Waals surface area contributed by atoms with E-state index >= 15 is 0 Å². The highest BCUT2D eigenvalue weighted by molar-refractivity contribution is 6.01. The predicted octanol–water partition coefficient (Wildman–Crippen LogP) is 1.17. The van der Waals surface area contributed by atoms with Crippen molar-refractivity contribution in [3.05, 3.63) is 71.8 Å². The minimum atomic E-state index is -1.15. The summed E-state index contributed by atoms with van der Waals surface area (Å²) in [6.45, 7) is 0.694. The second-order valence-electron chi connectivity index (χ2n) is 9.23. The van der Waals surface area contributed by atoms with Crippen LogP contribution < -0.4 is 22.1 Å². The highest BCUT2D eigenvalue weighted by Gasteiger charge is 2.45. The van der Waals surface area contributed by atoms with Gasteiger partial charge in [0.15, 0.2) is 0 Å². The standard InChI is InChI=1S/C28H36N4O6/c29-15-7-13-21(27(35)37-17-19-9-3-1-4-10-19)23-25(33)32-24(26(34)31-23)22(14-8-16-30)28(36)38-18-20-11-5-2-6-12-20/h1-6,9-12,21-24H,7-8,13-18,29-30H2,(H,31,34)(H,32,33). The summed E-state index contributed by atoms with van der Waals surface area (Å²) in [7, 11) is 0. The number of hydrogen-bond acceptors (Lipinski definition) is 8. The molecule has 6 N–H and O–H groups in total. The molecule has 1 aliphatic heterocycles. The summed E-state index contributed by atoms with van der Waals surface area (Å²) in [6.07, 6.45) is 1.42. The minimum Gasteiger partial charge on any atom is -0.461 e. The number of nitrogens with one attached hydrogen (secondary N) is 2. The van der Waals surface area contributed by atoms with Crippen molar-refractivity contribution in [1.29, 1.82) is 0 Å². The lowest BCUT2D eigenvalue weighted by atomic mass is 9.87. The van der Waals surface area contributed by atoms with E-state index in [0.29, 0.717) is 25.9 Å². The second-order valence-corrected chi connectivity index (χ2v) is 9.23. The monoisotopic (exact) mass is 524 g/mol. The van der Waals surface area contributed by atoms with E-state index in [2.05, 4.69) is 10.6 Å². The molecule has 38 heavy (non-hydrogen) atoms. The van der Waals surface area contributed by atoms with Gasteiger partial charge >= 0.3 is 11.9 Å². The Morgan fingerprint density at radius 2 is 1.05 bits per heavy atom. The van der Waals surface area contributed by atoms with Crippen molar-refractivity contribution < 1.29 is 28.7 Å². The van der Waals surface area contributed by atoms with E-state index in [9.17, 15) is 19.2 Å². The zero-order chi connectivity index (χ0) is 27.3. The summed E-state index contributed by atoms with van der Waals surface area (Å²) in [5, 5.41) is 5.32. The number of ether oxygens (including phenoxy) is 2. The van der Waals surface area contributed by atoms with Gasteiger partial charge in [0, 0.05) is 0 Å². The summed E-state index contributed by atoms with van der Waals surface area (Å²) in [4.78, 5) is 52.3. The van der Waals surface area contributed by atoms with Crippen LogP contribution in [0, 0.1) is 11.8 Å². The van der Waals surface area contributed by atoms with Crippen LogP contribution in [0.3, 0.4) is 0 Å². The Morgan fingerprint density at radius 1 is 0.684 bits per heavy atom. The molecule has 204 valence electrons. The van der Waals surface area contributed by atoms with Gasteiger partial charge in [-0.3, -0.25) is 19.2 Å². The lowest BCUT2D eigenvalue weighted by Crippen LogP contribution is -2.67. The summed E-state index contributed by atoms with van der Waals surface area (Å²) in [6, 6.07) is 16.0. The maximum absolute atomic E-state index is 13.2. The molecule has 0 spiro atoms. The van der Waals surface area contributed by atoms with Gasteiger partial charge in [-0.1, -0.05) is 60.7 Å². The molecule has 1 saturated heterocycles. The quantitative estimate of drug-likeness (QED) is 0.268. The largest absolute Gasteiger partial charge is 0.461 e. The van der Waals surface area contributed by atoms with Gasteiger partial charge in [-0.2, -0.15) is 0 Å². The molecule has 0 saturated carbocycles. The zero-order valence-electron chi connectivity index (χ0n) is 21.3. The van der Waals surface area contributed by atoms with E-state index in [1.807, 2.05) is 60.7 Å². The molecule has 0 aliphatic carbocycles. The number of esters is 2. The average molecular weight is 525 g/mol. The highest BCUT2D eigenvalue weighted by atomic mass is 16.5. The van der Waals surface area contributed by atoms with Gasteiger partial charge < -0.3 is 31.6 Å². The number of nitrogens with two attached hydrogens (primary N) is 2. The van der Waals surface area contributed by atoms with Crippen LogP contribution in [-0.2, 0) is 41.9 Å². The van der Waals surface area contributed by atoms with E-state index in [1.165, 1.54) is 0 Å². The predicted molar refractivity (Wildman–Crippen MR) is 140 cm³/mol. The third-order valence-corrected chi connectivity index (χ3v) is 6.46. The molecule has 2 aromatic carbocycles. The van der Waals surface area contributed by atoms with Gasteiger partial charge in [0.1, 0.15) is 25.3 Å². The van der Waals surface area contributed by atoms with Gasteiger partial charge in [-0.25, -0.2) is 0 Å². The molecular weight excluding hydrogens is 488 g/mol. The normalized spacial score (nSPS) is 18.6. The van der Waals surface area contributed by atoms with Gasteiger partial charge in [-0.05, 0) is 49.9 Å². The Hall–Kier alpha value is -3.76. The molecular formula is C28H36N4O6. The van der Waals surface area contributed by atoms with Crippen molar-refractivity contribution in [3.8, 4) is 0 Å². The topological polar surface area (TPSA) is 163 Å². The fourth-order valence-corrected chi connectivity index (χ4v) is 4.37. The molecule has 4 unspecified atom stereocenters. The van der Waals surface area contributed by atoms with Crippen LogP contribution in [0.4, 0.5) is 0 Å². The molecule has 0 aromatic heterocycles.